The van der Waals surface area contributed by atoms with Gasteiger partial charge in [-0.3, -0.25) is 9.59 Å². The maximum Gasteiger partial charge on any atom is 0.262 e. The van der Waals surface area contributed by atoms with Crippen LogP contribution in [0.2, 0.25) is 0 Å². The molecule has 6 nitrogen and oxygen atoms in total. The second-order valence-electron chi connectivity index (χ2n) is 6.76. The first-order chi connectivity index (χ1) is 12.3. The number of methoxy groups -OCH3 is 1. The van der Waals surface area contributed by atoms with Crippen molar-refractivity contribution < 1.29 is 19.1 Å². The average molecular weight is 356 g/mol. The van der Waals surface area contributed by atoms with Crippen molar-refractivity contribution in [3.05, 3.63) is 54.1 Å². The Morgan fingerprint density at radius 3 is 2.19 bits per heavy atom. The van der Waals surface area contributed by atoms with E-state index in [0.717, 1.165) is 0 Å². The number of hydrogen-bond acceptors (Lipinski definition) is 4. The first-order valence-electron chi connectivity index (χ1n) is 8.27. The van der Waals surface area contributed by atoms with E-state index < -0.39 is 0 Å². The van der Waals surface area contributed by atoms with Gasteiger partial charge in [-0.25, -0.2) is 0 Å². The smallest absolute Gasteiger partial charge is 0.262 e. The van der Waals surface area contributed by atoms with Gasteiger partial charge in [-0.2, -0.15) is 0 Å². The predicted octanol–water partition coefficient (Wildman–Crippen LogP) is 3.24. The number of benzene rings is 2. The molecule has 0 aliphatic heterocycles. The van der Waals surface area contributed by atoms with Gasteiger partial charge in [0, 0.05) is 5.54 Å². The molecule has 0 aliphatic carbocycles. The van der Waals surface area contributed by atoms with E-state index in [4.69, 9.17) is 9.47 Å². The van der Waals surface area contributed by atoms with Crippen LogP contribution in [0.5, 0.6) is 11.5 Å². The number of carbonyl (C=O) groups is 2. The van der Waals surface area contributed by atoms with E-state index in [1.165, 1.54) is 0 Å². The highest BCUT2D eigenvalue weighted by molar-refractivity contribution is 6.04. The van der Waals surface area contributed by atoms with E-state index in [1.807, 2.05) is 20.8 Å². The summed E-state index contributed by atoms with van der Waals surface area (Å²) in [4.78, 5) is 24.6. The van der Waals surface area contributed by atoms with Crippen molar-refractivity contribution in [1.82, 2.24) is 5.32 Å². The van der Waals surface area contributed by atoms with Crippen LogP contribution < -0.4 is 20.1 Å². The fourth-order valence-corrected chi connectivity index (χ4v) is 2.21. The lowest BCUT2D eigenvalue weighted by atomic mass is 10.1. The maximum absolute atomic E-state index is 12.4. The van der Waals surface area contributed by atoms with Crippen LogP contribution in [-0.2, 0) is 4.79 Å². The standard InChI is InChI=1S/C20H24N2O4/c1-20(2,3)22-19(24)16-7-5-6-8-17(16)21-18(23)13-26-15-11-9-14(25-4)10-12-15/h5-12H,13H2,1-4H3,(H,21,23)(H,22,24). The summed E-state index contributed by atoms with van der Waals surface area (Å²) in [6.45, 7) is 5.53. The van der Waals surface area contributed by atoms with Gasteiger partial charge >= 0.3 is 0 Å². The van der Waals surface area contributed by atoms with Crippen LogP contribution in [0.1, 0.15) is 31.1 Å². The molecule has 2 rings (SSSR count). The first-order valence-corrected chi connectivity index (χ1v) is 8.27. The molecule has 0 radical (unpaired) electrons. The summed E-state index contributed by atoms with van der Waals surface area (Å²) in [5, 5.41) is 5.60. The van der Waals surface area contributed by atoms with Crippen molar-refractivity contribution in [1.29, 1.82) is 0 Å². The zero-order valence-electron chi connectivity index (χ0n) is 15.5. The largest absolute Gasteiger partial charge is 0.497 e. The molecule has 0 heterocycles. The number of rotatable bonds is 6. The first kappa shape index (κ1) is 19.3. The number of ether oxygens (including phenoxy) is 2. The molecule has 0 saturated heterocycles. The van der Waals surface area contributed by atoms with Crippen LogP contribution in [-0.4, -0.2) is 31.1 Å². The number of anilines is 1. The molecule has 0 aliphatic rings. The summed E-state index contributed by atoms with van der Waals surface area (Å²) in [5.74, 6) is 0.668. The monoisotopic (exact) mass is 356 g/mol. The SMILES string of the molecule is COc1ccc(OCC(=O)Nc2ccccc2C(=O)NC(C)(C)C)cc1. The minimum atomic E-state index is -0.369. The molecule has 138 valence electrons. The van der Waals surface area contributed by atoms with Crippen molar-refractivity contribution in [2.45, 2.75) is 26.3 Å². The van der Waals surface area contributed by atoms with E-state index in [-0.39, 0.29) is 24.0 Å². The lowest BCUT2D eigenvalue weighted by Crippen LogP contribution is -2.41. The molecule has 0 saturated carbocycles. The Bertz CT molecular complexity index is 764. The number of nitrogens with one attached hydrogen (secondary N) is 2. The summed E-state index contributed by atoms with van der Waals surface area (Å²) in [6, 6.07) is 13.8. The molecular weight excluding hydrogens is 332 g/mol. The second-order valence-corrected chi connectivity index (χ2v) is 6.76. The highest BCUT2D eigenvalue weighted by atomic mass is 16.5. The summed E-state index contributed by atoms with van der Waals surface area (Å²) >= 11 is 0. The van der Waals surface area contributed by atoms with Crippen LogP contribution in [0.3, 0.4) is 0 Å². The Labute approximate surface area is 153 Å². The summed E-state index contributed by atoms with van der Waals surface area (Å²) < 4.78 is 10.5. The quantitative estimate of drug-likeness (QED) is 0.833. The molecular formula is C20H24N2O4. The third-order valence-corrected chi connectivity index (χ3v) is 3.36. The number of para-hydroxylation sites is 1. The minimum absolute atomic E-state index is 0.165. The topological polar surface area (TPSA) is 76.7 Å². The number of hydrogen-bond donors (Lipinski definition) is 2. The van der Waals surface area contributed by atoms with Crippen LogP contribution >= 0.6 is 0 Å². The van der Waals surface area contributed by atoms with Crippen LogP contribution in [0.4, 0.5) is 5.69 Å². The van der Waals surface area contributed by atoms with Crippen molar-refractivity contribution in [2.24, 2.45) is 0 Å². The highest BCUT2D eigenvalue weighted by Gasteiger charge is 2.18. The number of carbonyl (C=O) groups excluding carboxylic acids is 2. The fraction of sp³-hybridized carbons (Fsp3) is 0.300. The molecule has 0 aromatic heterocycles. The van der Waals surface area contributed by atoms with Crippen molar-refractivity contribution in [3.63, 3.8) is 0 Å². The Kier molecular flexibility index (Phi) is 6.22. The summed E-state index contributed by atoms with van der Waals surface area (Å²) in [7, 11) is 1.58. The average Bonchev–Trinajstić information content (AvgIpc) is 2.59. The fourth-order valence-electron chi connectivity index (χ4n) is 2.21. The summed E-state index contributed by atoms with van der Waals surface area (Å²) in [5.41, 5.74) is 0.476. The summed E-state index contributed by atoms with van der Waals surface area (Å²) in [6.07, 6.45) is 0. The Balaban J connectivity index is 1.99. The Hall–Kier alpha value is -3.02. The van der Waals surface area contributed by atoms with E-state index in [9.17, 15) is 9.59 Å². The van der Waals surface area contributed by atoms with Gasteiger partial charge in [0.15, 0.2) is 6.61 Å². The Morgan fingerprint density at radius 2 is 1.58 bits per heavy atom. The van der Waals surface area contributed by atoms with E-state index in [1.54, 1.807) is 55.6 Å². The minimum Gasteiger partial charge on any atom is -0.497 e. The molecule has 2 N–H and O–H groups in total. The van der Waals surface area contributed by atoms with Crippen LogP contribution in [0, 0.1) is 0 Å². The zero-order valence-corrected chi connectivity index (χ0v) is 15.5. The van der Waals surface area contributed by atoms with Crippen LogP contribution in [0.15, 0.2) is 48.5 Å². The van der Waals surface area contributed by atoms with Crippen molar-refractivity contribution in [3.8, 4) is 11.5 Å². The van der Waals surface area contributed by atoms with Crippen molar-refractivity contribution >= 4 is 17.5 Å². The van der Waals surface area contributed by atoms with Gasteiger partial charge in [0.2, 0.25) is 0 Å². The van der Waals surface area contributed by atoms with Gasteiger partial charge in [-0.05, 0) is 57.2 Å². The third kappa shape index (κ3) is 5.81. The molecule has 2 aromatic rings. The molecule has 0 atom stereocenters. The van der Waals surface area contributed by atoms with Gasteiger partial charge in [0.25, 0.3) is 11.8 Å². The van der Waals surface area contributed by atoms with E-state index in [2.05, 4.69) is 10.6 Å². The molecule has 0 fully saturated rings. The molecule has 2 aromatic carbocycles. The number of amides is 2. The van der Waals surface area contributed by atoms with Gasteiger partial charge < -0.3 is 20.1 Å². The maximum atomic E-state index is 12.4. The van der Waals surface area contributed by atoms with Gasteiger partial charge in [0.1, 0.15) is 11.5 Å². The lowest BCUT2D eigenvalue weighted by molar-refractivity contribution is -0.118. The zero-order chi connectivity index (χ0) is 19.2. The van der Waals surface area contributed by atoms with Gasteiger partial charge in [0.05, 0.1) is 18.4 Å². The normalized spacial score (nSPS) is 10.8. The molecule has 2 amide bonds. The molecule has 6 heteroatoms. The molecule has 0 spiro atoms. The van der Waals surface area contributed by atoms with Crippen molar-refractivity contribution in [2.75, 3.05) is 19.0 Å². The second kappa shape index (κ2) is 8.38. The molecule has 0 unspecified atom stereocenters. The third-order valence-electron chi connectivity index (χ3n) is 3.36. The van der Waals surface area contributed by atoms with Gasteiger partial charge in [-0.15, -0.1) is 0 Å². The Morgan fingerprint density at radius 1 is 0.962 bits per heavy atom. The van der Waals surface area contributed by atoms with Crippen LogP contribution in [0.25, 0.3) is 0 Å². The molecule has 0 bridgehead atoms. The van der Waals surface area contributed by atoms with Gasteiger partial charge in [-0.1, -0.05) is 12.1 Å². The van der Waals surface area contributed by atoms with E-state index in [0.29, 0.717) is 22.7 Å². The highest BCUT2D eigenvalue weighted by Crippen LogP contribution is 2.18. The molecule has 26 heavy (non-hydrogen) atoms. The lowest BCUT2D eigenvalue weighted by Gasteiger charge is -2.21. The predicted molar refractivity (Wildman–Crippen MR) is 101 cm³/mol. The van der Waals surface area contributed by atoms with E-state index >= 15 is 0 Å².